The predicted molar refractivity (Wildman–Crippen MR) is 105 cm³/mol. The molecule has 0 aliphatic carbocycles. The van der Waals surface area contributed by atoms with Gasteiger partial charge in [0, 0.05) is 18.9 Å². The Morgan fingerprint density at radius 1 is 1.26 bits per heavy atom. The van der Waals surface area contributed by atoms with Crippen LogP contribution < -0.4 is 5.73 Å². The van der Waals surface area contributed by atoms with E-state index in [0.29, 0.717) is 24.7 Å². The first-order valence-corrected chi connectivity index (χ1v) is 8.92. The number of aromatic nitrogens is 2. The second kappa shape index (κ2) is 6.63. The first-order chi connectivity index (χ1) is 13.0. The number of ketones is 1. The number of carbonyl (C=O) groups is 1. The molecule has 1 aliphatic rings. The fraction of sp³-hybridized carbons (Fsp3) is 0.286. The van der Waals surface area contributed by atoms with Gasteiger partial charge in [-0.3, -0.25) is 14.5 Å². The molecule has 1 atom stereocenters. The summed E-state index contributed by atoms with van der Waals surface area (Å²) in [6.45, 7) is 2.82. The Morgan fingerprint density at radius 3 is 2.89 bits per heavy atom. The fourth-order valence-corrected chi connectivity index (χ4v) is 3.59. The Morgan fingerprint density at radius 2 is 2.07 bits per heavy atom. The molecule has 2 aromatic carbocycles. The molecule has 1 aliphatic heterocycles. The lowest BCUT2D eigenvalue weighted by molar-refractivity contribution is 0.0988. The fourth-order valence-electron chi connectivity index (χ4n) is 3.59. The number of Topliss-reactive ketones (excluding diaryl/α,β-unsaturated/α-hetero) is 1. The first kappa shape index (κ1) is 17.4. The Hall–Kier alpha value is -2.99. The highest BCUT2D eigenvalue weighted by molar-refractivity contribution is 6.06. The van der Waals surface area contributed by atoms with Crippen molar-refractivity contribution in [1.29, 1.82) is 0 Å². The van der Waals surface area contributed by atoms with Gasteiger partial charge in [0.2, 0.25) is 0 Å². The molecular weight excluding hydrogens is 340 g/mol. The first-order valence-electron chi connectivity index (χ1n) is 8.92. The molecule has 2 N–H and O–H groups in total. The average molecular weight is 362 g/mol. The van der Waals surface area contributed by atoms with E-state index in [4.69, 9.17) is 10.5 Å². The lowest BCUT2D eigenvalue weighted by Crippen LogP contribution is -2.37. The van der Waals surface area contributed by atoms with Crippen LogP contribution in [0.3, 0.4) is 0 Å². The van der Waals surface area contributed by atoms with Crippen LogP contribution in [-0.4, -0.2) is 34.6 Å². The summed E-state index contributed by atoms with van der Waals surface area (Å²) in [5, 5.41) is 5.31. The summed E-state index contributed by atoms with van der Waals surface area (Å²) < 4.78 is 7.30. The Labute approximate surface area is 157 Å². The number of amidine groups is 1. The molecule has 4 rings (SSSR count). The van der Waals surface area contributed by atoms with Crippen molar-refractivity contribution < 1.29 is 9.53 Å². The number of aryl methyl sites for hydroxylation is 1. The van der Waals surface area contributed by atoms with Crippen molar-refractivity contribution in [1.82, 2.24) is 9.78 Å². The van der Waals surface area contributed by atoms with Gasteiger partial charge >= 0.3 is 0 Å². The van der Waals surface area contributed by atoms with E-state index in [1.165, 1.54) is 0 Å². The summed E-state index contributed by atoms with van der Waals surface area (Å²) in [7, 11) is 1.85. The van der Waals surface area contributed by atoms with Crippen LogP contribution in [0.1, 0.15) is 28.5 Å². The SMILES string of the molecule is Cn1nc(C(=O)Cc2cccc(C3(C)COCC(N)=N3)c2)c2ccccc21. The zero-order valence-corrected chi connectivity index (χ0v) is 15.5. The molecule has 1 aromatic heterocycles. The Balaban J connectivity index is 1.63. The largest absolute Gasteiger partial charge is 0.386 e. The van der Waals surface area contributed by atoms with E-state index in [0.717, 1.165) is 22.0 Å². The number of para-hydroxylation sites is 1. The second-order valence-corrected chi connectivity index (χ2v) is 7.16. The van der Waals surface area contributed by atoms with E-state index < -0.39 is 5.54 Å². The van der Waals surface area contributed by atoms with Crippen LogP contribution in [0, 0.1) is 0 Å². The summed E-state index contributed by atoms with van der Waals surface area (Å²) in [5.41, 5.74) is 8.70. The number of hydrogen-bond donors (Lipinski definition) is 1. The number of ether oxygens (including phenoxy) is 1. The van der Waals surface area contributed by atoms with E-state index >= 15 is 0 Å². The third kappa shape index (κ3) is 3.24. The van der Waals surface area contributed by atoms with Crippen molar-refractivity contribution in [2.24, 2.45) is 17.8 Å². The molecular formula is C21H22N4O2. The zero-order valence-electron chi connectivity index (χ0n) is 15.5. The number of carbonyl (C=O) groups excluding carboxylic acids is 1. The van der Waals surface area contributed by atoms with Crippen LogP contribution in [0.4, 0.5) is 0 Å². The van der Waals surface area contributed by atoms with Gasteiger partial charge in [-0.05, 0) is 24.1 Å². The van der Waals surface area contributed by atoms with Gasteiger partial charge in [-0.25, -0.2) is 0 Å². The predicted octanol–water partition coefficient (Wildman–Crippen LogP) is 2.60. The van der Waals surface area contributed by atoms with Gasteiger partial charge in [0.1, 0.15) is 23.7 Å². The monoisotopic (exact) mass is 362 g/mol. The molecule has 1 unspecified atom stereocenters. The number of hydrogen-bond acceptors (Lipinski definition) is 5. The highest BCUT2D eigenvalue weighted by Crippen LogP contribution is 2.29. The van der Waals surface area contributed by atoms with Gasteiger partial charge in [0.25, 0.3) is 0 Å². The number of fused-ring (bicyclic) bond motifs is 1. The molecule has 6 heteroatoms. The van der Waals surface area contributed by atoms with Crippen molar-refractivity contribution in [2.45, 2.75) is 18.9 Å². The molecule has 0 saturated heterocycles. The number of benzene rings is 2. The molecule has 0 amide bonds. The molecule has 0 spiro atoms. The van der Waals surface area contributed by atoms with Gasteiger partial charge in [-0.2, -0.15) is 5.10 Å². The van der Waals surface area contributed by atoms with Gasteiger partial charge in [-0.1, -0.05) is 42.5 Å². The Kier molecular flexibility index (Phi) is 4.28. The van der Waals surface area contributed by atoms with Gasteiger partial charge in [0.15, 0.2) is 5.78 Å². The summed E-state index contributed by atoms with van der Waals surface area (Å²) in [6.07, 6.45) is 0.283. The van der Waals surface area contributed by atoms with Crippen molar-refractivity contribution >= 4 is 22.5 Å². The van der Waals surface area contributed by atoms with Gasteiger partial charge in [-0.15, -0.1) is 0 Å². The van der Waals surface area contributed by atoms with Crippen LogP contribution >= 0.6 is 0 Å². The second-order valence-electron chi connectivity index (χ2n) is 7.16. The zero-order chi connectivity index (χ0) is 19.0. The maximum atomic E-state index is 12.9. The highest BCUT2D eigenvalue weighted by Gasteiger charge is 2.30. The number of rotatable bonds is 4. The summed E-state index contributed by atoms with van der Waals surface area (Å²) in [4.78, 5) is 17.5. The van der Waals surface area contributed by atoms with E-state index in [-0.39, 0.29) is 12.2 Å². The molecule has 0 fully saturated rings. The van der Waals surface area contributed by atoms with Crippen molar-refractivity contribution in [3.05, 3.63) is 65.4 Å². The topological polar surface area (TPSA) is 82.5 Å². The molecule has 138 valence electrons. The quantitative estimate of drug-likeness (QED) is 0.723. The standard InChI is InChI=1S/C21H22N4O2/c1-21(13-27-12-19(22)23-21)15-7-5-6-14(10-15)11-18(26)20-16-8-3-4-9-17(16)25(2)24-20/h3-10H,11-13H2,1-2H3,(H2,22,23). The minimum absolute atomic E-state index is 0.00277. The molecule has 0 bridgehead atoms. The lowest BCUT2D eigenvalue weighted by atomic mass is 9.90. The van der Waals surface area contributed by atoms with Crippen molar-refractivity contribution in [2.75, 3.05) is 13.2 Å². The van der Waals surface area contributed by atoms with E-state index in [1.807, 2.05) is 62.5 Å². The van der Waals surface area contributed by atoms with Crippen LogP contribution in [-0.2, 0) is 23.7 Å². The molecule has 2 heterocycles. The number of nitrogens with two attached hydrogens (primary N) is 1. The minimum atomic E-state index is -0.529. The van der Waals surface area contributed by atoms with Gasteiger partial charge < -0.3 is 10.5 Å². The van der Waals surface area contributed by atoms with Crippen LogP contribution in [0.25, 0.3) is 10.9 Å². The third-order valence-electron chi connectivity index (χ3n) is 4.96. The Bertz CT molecular complexity index is 1050. The lowest BCUT2D eigenvalue weighted by Gasteiger charge is -2.30. The van der Waals surface area contributed by atoms with Crippen molar-refractivity contribution in [3.63, 3.8) is 0 Å². The van der Waals surface area contributed by atoms with Crippen LogP contribution in [0.2, 0.25) is 0 Å². The molecule has 0 radical (unpaired) electrons. The normalized spacial score (nSPS) is 19.9. The molecule has 3 aromatic rings. The van der Waals surface area contributed by atoms with Crippen molar-refractivity contribution in [3.8, 4) is 0 Å². The highest BCUT2D eigenvalue weighted by atomic mass is 16.5. The molecule has 27 heavy (non-hydrogen) atoms. The van der Waals surface area contributed by atoms with Crippen LogP contribution in [0.15, 0.2) is 53.5 Å². The van der Waals surface area contributed by atoms with E-state index in [9.17, 15) is 4.79 Å². The molecule has 0 saturated carbocycles. The molecule has 6 nitrogen and oxygen atoms in total. The number of aliphatic imine (C=N–C) groups is 1. The smallest absolute Gasteiger partial charge is 0.188 e. The maximum absolute atomic E-state index is 12.9. The minimum Gasteiger partial charge on any atom is -0.386 e. The summed E-state index contributed by atoms with van der Waals surface area (Å²) >= 11 is 0. The average Bonchev–Trinajstić information content (AvgIpc) is 2.99. The third-order valence-corrected chi connectivity index (χ3v) is 4.96. The maximum Gasteiger partial charge on any atom is 0.188 e. The summed E-state index contributed by atoms with van der Waals surface area (Å²) in [5.74, 6) is 0.488. The van der Waals surface area contributed by atoms with Gasteiger partial charge in [0.05, 0.1) is 12.1 Å². The van der Waals surface area contributed by atoms with Crippen LogP contribution in [0.5, 0.6) is 0 Å². The summed E-state index contributed by atoms with van der Waals surface area (Å²) in [6, 6.07) is 15.7. The van der Waals surface area contributed by atoms with E-state index in [1.54, 1.807) is 4.68 Å². The van der Waals surface area contributed by atoms with E-state index in [2.05, 4.69) is 10.1 Å². The number of nitrogens with zero attached hydrogens (tertiary/aromatic N) is 3.